The van der Waals surface area contributed by atoms with Gasteiger partial charge in [-0.15, -0.1) is 0 Å². The third kappa shape index (κ3) is 7.08. The Hall–Kier alpha value is -1.85. The van der Waals surface area contributed by atoms with E-state index in [0.29, 0.717) is 23.7 Å². The van der Waals surface area contributed by atoms with Crippen LogP contribution < -0.4 is 0 Å². The molecule has 0 saturated heterocycles. The van der Waals surface area contributed by atoms with E-state index in [9.17, 15) is 14.4 Å². The van der Waals surface area contributed by atoms with Crippen LogP contribution in [-0.4, -0.2) is 37.2 Å². The van der Waals surface area contributed by atoms with Crippen molar-refractivity contribution < 1.29 is 28.6 Å². The molecule has 0 unspecified atom stereocenters. The van der Waals surface area contributed by atoms with Gasteiger partial charge in [-0.25, -0.2) is 14.4 Å². The summed E-state index contributed by atoms with van der Waals surface area (Å²) in [6.45, 7) is 12.8. The van der Waals surface area contributed by atoms with Gasteiger partial charge < -0.3 is 14.2 Å². The Balaban J connectivity index is 2.21. The number of hydrogen-bond donors (Lipinski definition) is 0. The molecule has 182 valence electrons. The minimum atomic E-state index is -0.796. The van der Waals surface area contributed by atoms with Crippen LogP contribution in [0.4, 0.5) is 0 Å². The zero-order valence-electron chi connectivity index (χ0n) is 20.9. The van der Waals surface area contributed by atoms with Crippen molar-refractivity contribution in [3.63, 3.8) is 0 Å². The van der Waals surface area contributed by atoms with E-state index >= 15 is 0 Å². The normalized spacial score (nSPS) is 30.5. The Kier molecular flexibility index (Phi) is 9.78. The van der Waals surface area contributed by atoms with Crippen LogP contribution in [0, 0.1) is 35.5 Å². The molecule has 2 rings (SSSR count). The lowest BCUT2D eigenvalue weighted by Gasteiger charge is -2.37. The summed E-state index contributed by atoms with van der Waals surface area (Å²) in [6, 6.07) is 0. The van der Waals surface area contributed by atoms with E-state index in [0.717, 1.165) is 44.6 Å². The fraction of sp³-hybridized carbons (Fsp3) is 0.808. The number of esters is 3. The molecule has 0 N–H and O–H groups in total. The smallest absolute Gasteiger partial charge is 0.346 e. The Morgan fingerprint density at radius 1 is 0.750 bits per heavy atom. The van der Waals surface area contributed by atoms with Crippen LogP contribution in [0.25, 0.3) is 0 Å². The fourth-order valence-corrected chi connectivity index (χ4v) is 5.28. The summed E-state index contributed by atoms with van der Waals surface area (Å²) in [4.78, 5) is 38.2. The van der Waals surface area contributed by atoms with E-state index in [4.69, 9.17) is 9.47 Å². The first-order valence-corrected chi connectivity index (χ1v) is 12.2. The van der Waals surface area contributed by atoms with E-state index in [1.165, 1.54) is 7.11 Å². The minimum Gasteiger partial charge on any atom is -0.466 e. The van der Waals surface area contributed by atoms with Gasteiger partial charge in [0, 0.05) is 6.08 Å². The highest BCUT2D eigenvalue weighted by Gasteiger charge is 2.38. The average molecular weight is 451 g/mol. The average Bonchev–Trinajstić information content (AvgIpc) is 2.71. The largest absolute Gasteiger partial charge is 0.466 e. The second-order valence-electron chi connectivity index (χ2n) is 10.6. The summed E-state index contributed by atoms with van der Waals surface area (Å²) < 4.78 is 16.3. The van der Waals surface area contributed by atoms with Gasteiger partial charge in [-0.2, -0.15) is 0 Å². The SMILES string of the molecule is COC(=O)C=C(C(=O)O[C@@H]1C[C@H](C)CC[C@H]1C(C)C)C(=O)O[C@@H]1C[C@H](C)CC[C@H]1C(C)C. The first kappa shape index (κ1) is 26.4. The highest BCUT2D eigenvalue weighted by Crippen LogP contribution is 2.37. The summed E-state index contributed by atoms with van der Waals surface area (Å²) >= 11 is 0. The predicted molar refractivity (Wildman–Crippen MR) is 123 cm³/mol. The molecule has 6 atom stereocenters. The molecule has 0 aliphatic heterocycles. The molecule has 0 aromatic rings. The van der Waals surface area contributed by atoms with Gasteiger partial charge in [0.2, 0.25) is 0 Å². The summed E-state index contributed by atoms with van der Waals surface area (Å²) in [5.41, 5.74) is -0.377. The van der Waals surface area contributed by atoms with Crippen molar-refractivity contribution in [1.29, 1.82) is 0 Å². The third-order valence-electron chi connectivity index (χ3n) is 7.34. The second-order valence-corrected chi connectivity index (χ2v) is 10.6. The van der Waals surface area contributed by atoms with Crippen molar-refractivity contribution in [3.05, 3.63) is 11.6 Å². The van der Waals surface area contributed by atoms with Crippen molar-refractivity contribution in [2.75, 3.05) is 7.11 Å². The molecule has 0 aromatic heterocycles. The van der Waals surface area contributed by atoms with Gasteiger partial charge in [-0.05, 0) is 61.2 Å². The number of rotatable bonds is 7. The second kappa shape index (κ2) is 11.9. The molecule has 2 saturated carbocycles. The number of carbonyl (C=O) groups is 3. The topological polar surface area (TPSA) is 78.9 Å². The van der Waals surface area contributed by atoms with Gasteiger partial charge >= 0.3 is 17.9 Å². The number of carbonyl (C=O) groups excluding carboxylic acids is 3. The molecule has 32 heavy (non-hydrogen) atoms. The monoisotopic (exact) mass is 450 g/mol. The quantitative estimate of drug-likeness (QED) is 0.177. The van der Waals surface area contributed by atoms with Crippen LogP contribution in [0.1, 0.15) is 80.1 Å². The Bertz CT molecular complexity index is 646. The van der Waals surface area contributed by atoms with Gasteiger partial charge in [0.15, 0.2) is 5.57 Å². The zero-order chi connectivity index (χ0) is 24.0. The lowest BCUT2D eigenvalue weighted by atomic mass is 9.75. The third-order valence-corrected chi connectivity index (χ3v) is 7.34. The van der Waals surface area contributed by atoms with Crippen molar-refractivity contribution in [1.82, 2.24) is 0 Å². The standard InChI is InChI=1S/C26H42O6/c1-15(2)19-10-8-17(5)12-22(19)31-25(28)21(14-24(27)30-7)26(29)32-23-13-18(6)9-11-20(23)16(3)4/h14-20,22-23H,8-13H2,1-7H3/t17-,18-,19+,20+,22-,23-/m1/s1. The molecule has 6 nitrogen and oxygen atoms in total. The predicted octanol–water partition coefficient (Wildman–Crippen LogP) is 5.09. The highest BCUT2D eigenvalue weighted by molar-refractivity contribution is 6.17. The highest BCUT2D eigenvalue weighted by atomic mass is 16.6. The van der Waals surface area contributed by atoms with E-state index in [1.54, 1.807) is 0 Å². The first-order chi connectivity index (χ1) is 15.0. The molecule has 0 heterocycles. The molecular weight excluding hydrogens is 408 g/mol. The van der Waals surface area contributed by atoms with E-state index in [1.807, 2.05) is 0 Å². The molecule has 0 amide bonds. The first-order valence-electron chi connectivity index (χ1n) is 12.2. The number of hydrogen-bond acceptors (Lipinski definition) is 6. The van der Waals surface area contributed by atoms with Crippen LogP contribution in [0.3, 0.4) is 0 Å². The molecule has 0 bridgehead atoms. The van der Waals surface area contributed by atoms with Crippen LogP contribution in [0.5, 0.6) is 0 Å². The summed E-state index contributed by atoms with van der Waals surface area (Å²) in [6.07, 6.45) is 6.02. The molecule has 2 aliphatic carbocycles. The van der Waals surface area contributed by atoms with E-state index in [2.05, 4.69) is 46.3 Å². The fourth-order valence-electron chi connectivity index (χ4n) is 5.28. The van der Waals surface area contributed by atoms with Gasteiger partial charge in [0.1, 0.15) is 12.2 Å². The molecule has 2 fully saturated rings. The minimum absolute atomic E-state index is 0.232. The summed E-state index contributed by atoms with van der Waals surface area (Å²) in [5.74, 6) is -0.303. The lowest BCUT2D eigenvalue weighted by molar-refractivity contribution is -0.160. The molecule has 0 spiro atoms. The molecular formula is C26H42O6. The Morgan fingerprint density at radius 2 is 1.16 bits per heavy atom. The molecule has 6 heteroatoms. The van der Waals surface area contributed by atoms with Crippen molar-refractivity contribution in [3.8, 4) is 0 Å². The number of methoxy groups -OCH3 is 1. The molecule has 0 aromatic carbocycles. The zero-order valence-corrected chi connectivity index (χ0v) is 20.9. The van der Waals surface area contributed by atoms with Crippen LogP contribution >= 0.6 is 0 Å². The van der Waals surface area contributed by atoms with Gasteiger partial charge in [0.05, 0.1) is 7.11 Å². The van der Waals surface area contributed by atoms with Crippen molar-refractivity contribution in [2.24, 2.45) is 35.5 Å². The van der Waals surface area contributed by atoms with Crippen LogP contribution in [-0.2, 0) is 28.6 Å². The van der Waals surface area contributed by atoms with Gasteiger partial charge in [-0.1, -0.05) is 54.4 Å². The van der Waals surface area contributed by atoms with Crippen LogP contribution in [0.15, 0.2) is 11.6 Å². The number of ether oxygens (including phenoxy) is 3. The Morgan fingerprint density at radius 3 is 1.50 bits per heavy atom. The molecule has 2 aliphatic rings. The maximum atomic E-state index is 13.1. The van der Waals surface area contributed by atoms with Gasteiger partial charge in [-0.3, -0.25) is 0 Å². The lowest BCUT2D eigenvalue weighted by Crippen LogP contribution is -2.39. The van der Waals surface area contributed by atoms with E-state index in [-0.39, 0.29) is 29.6 Å². The summed E-state index contributed by atoms with van der Waals surface area (Å²) in [5, 5.41) is 0. The molecule has 0 radical (unpaired) electrons. The van der Waals surface area contributed by atoms with Crippen molar-refractivity contribution in [2.45, 2.75) is 92.3 Å². The van der Waals surface area contributed by atoms with E-state index < -0.39 is 17.9 Å². The summed E-state index contributed by atoms with van der Waals surface area (Å²) in [7, 11) is 1.21. The van der Waals surface area contributed by atoms with Gasteiger partial charge in [0.25, 0.3) is 0 Å². The Labute approximate surface area is 193 Å². The van der Waals surface area contributed by atoms with Crippen LogP contribution in [0.2, 0.25) is 0 Å². The maximum absolute atomic E-state index is 13.1. The maximum Gasteiger partial charge on any atom is 0.346 e. The van der Waals surface area contributed by atoms with Crippen molar-refractivity contribution >= 4 is 17.9 Å².